The van der Waals surface area contributed by atoms with E-state index in [1.807, 2.05) is 36.4 Å². The third-order valence-corrected chi connectivity index (χ3v) is 3.40. The minimum atomic E-state index is 0.845. The van der Waals surface area contributed by atoms with E-state index < -0.39 is 0 Å². The van der Waals surface area contributed by atoms with Crippen molar-refractivity contribution in [2.24, 2.45) is 10.2 Å². The van der Waals surface area contributed by atoms with E-state index in [9.17, 15) is 0 Å². The SMILES string of the molecule is CCN(C)c1ccc(N=Nc2ccc(Br)cc2)cc1. The quantitative estimate of drug-likeness (QED) is 0.701. The van der Waals surface area contributed by atoms with E-state index in [-0.39, 0.29) is 0 Å². The van der Waals surface area contributed by atoms with Gasteiger partial charge in [-0.3, -0.25) is 0 Å². The predicted octanol–water partition coefficient (Wildman–Crippen LogP) is 5.32. The van der Waals surface area contributed by atoms with Crippen molar-refractivity contribution in [3.63, 3.8) is 0 Å². The van der Waals surface area contributed by atoms with E-state index in [1.165, 1.54) is 5.69 Å². The molecule has 0 saturated heterocycles. The van der Waals surface area contributed by atoms with E-state index in [0.29, 0.717) is 0 Å². The summed E-state index contributed by atoms with van der Waals surface area (Å²) in [6.07, 6.45) is 0. The summed E-state index contributed by atoms with van der Waals surface area (Å²) < 4.78 is 1.04. The Kier molecular flexibility index (Phi) is 4.68. The van der Waals surface area contributed by atoms with E-state index in [1.54, 1.807) is 0 Å². The molecular weight excluding hydrogens is 302 g/mol. The first-order valence-electron chi connectivity index (χ1n) is 6.17. The van der Waals surface area contributed by atoms with Crippen LogP contribution in [0.3, 0.4) is 0 Å². The Morgan fingerprint density at radius 3 is 1.84 bits per heavy atom. The first-order valence-corrected chi connectivity index (χ1v) is 6.97. The molecule has 0 aliphatic carbocycles. The first kappa shape index (κ1) is 13.7. The van der Waals surface area contributed by atoms with Crippen molar-refractivity contribution in [1.82, 2.24) is 0 Å². The van der Waals surface area contributed by atoms with Crippen LogP contribution >= 0.6 is 15.9 Å². The highest BCUT2D eigenvalue weighted by Gasteiger charge is 1.97. The second-order valence-corrected chi connectivity index (χ2v) is 5.12. The van der Waals surface area contributed by atoms with Crippen molar-refractivity contribution in [2.75, 3.05) is 18.5 Å². The van der Waals surface area contributed by atoms with Crippen molar-refractivity contribution in [3.8, 4) is 0 Å². The number of hydrogen-bond donors (Lipinski definition) is 0. The largest absolute Gasteiger partial charge is 0.375 e. The lowest BCUT2D eigenvalue weighted by Crippen LogP contribution is -2.15. The summed E-state index contributed by atoms with van der Waals surface area (Å²) in [5, 5.41) is 8.43. The van der Waals surface area contributed by atoms with Gasteiger partial charge in [-0.25, -0.2) is 0 Å². The molecule has 0 spiro atoms. The molecule has 98 valence electrons. The van der Waals surface area contributed by atoms with Crippen LogP contribution in [0.5, 0.6) is 0 Å². The maximum absolute atomic E-state index is 4.22. The molecule has 0 aliphatic heterocycles. The Morgan fingerprint density at radius 1 is 0.895 bits per heavy atom. The number of azo groups is 1. The van der Waals surface area contributed by atoms with Gasteiger partial charge in [-0.1, -0.05) is 15.9 Å². The fraction of sp³-hybridized carbons (Fsp3) is 0.200. The van der Waals surface area contributed by atoms with Crippen LogP contribution in [0.25, 0.3) is 0 Å². The number of hydrogen-bond acceptors (Lipinski definition) is 3. The van der Waals surface area contributed by atoms with Crippen LogP contribution in [0.4, 0.5) is 17.1 Å². The van der Waals surface area contributed by atoms with Crippen LogP contribution in [-0.2, 0) is 0 Å². The molecule has 0 atom stereocenters. The van der Waals surface area contributed by atoms with Gasteiger partial charge in [0, 0.05) is 23.8 Å². The summed E-state index contributed by atoms with van der Waals surface area (Å²) >= 11 is 3.39. The summed E-state index contributed by atoms with van der Waals surface area (Å²) in [7, 11) is 2.07. The lowest BCUT2D eigenvalue weighted by Gasteiger charge is -2.16. The van der Waals surface area contributed by atoms with Gasteiger partial charge in [-0.15, -0.1) is 0 Å². The fourth-order valence-corrected chi connectivity index (χ4v) is 1.84. The molecule has 19 heavy (non-hydrogen) atoms. The highest BCUT2D eigenvalue weighted by atomic mass is 79.9. The van der Waals surface area contributed by atoms with Gasteiger partial charge in [0.15, 0.2) is 0 Å². The Labute approximate surface area is 122 Å². The van der Waals surface area contributed by atoms with Crippen molar-refractivity contribution in [3.05, 3.63) is 53.0 Å². The van der Waals surface area contributed by atoms with Crippen molar-refractivity contribution in [2.45, 2.75) is 6.92 Å². The van der Waals surface area contributed by atoms with Crippen molar-refractivity contribution >= 4 is 33.0 Å². The molecule has 0 unspecified atom stereocenters. The molecule has 0 heterocycles. The monoisotopic (exact) mass is 317 g/mol. The number of rotatable bonds is 4. The molecule has 0 aromatic heterocycles. The summed E-state index contributed by atoms with van der Waals surface area (Å²) in [4.78, 5) is 2.18. The van der Waals surface area contributed by atoms with Gasteiger partial charge in [-0.05, 0) is 55.5 Å². The maximum atomic E-state index is 4.22. The van der Waals surface area contributed by atoms with E-state index in [2.05, 4.69) is 57.2 Å². The van der Waals surface area contributed by atoms with Crippen LogP contribution in [-0.4, -0.2) is 13.6 Å². The Bertz CT molecular complexity index is 547. The van der Waals surface area contributed by atoms with Crippen LogP contribution in [0.2, 0.25) is 0 Å². The van der Waals surface area contributed by atoms with Gasteiger partial charge >= 0.3 is 0 Å². The normalized spacial score (nSPS) is 10.9. The molecule has 2 aromatic carbocycles. The average Bonchev–Trinajstić information content (AvgIpc) is 2.46. The Balaban J connectivity index is 2.09. The zero-order valence-electron chi connectivity index (χ0n) is 11.0. The zero-order valence-corrected chi connectivity index (χ0v) is 12.6. The summed E-state index contributed by atoms with van der Waals surface area (Å²) in [6, 6.07) is 15.8. The first-order chi connectivity index (χ1) is 9.19. The molecule has 0 saturated carbocycles. The van der Waals surface area contributed by atoms with Crippen molar-refractivity contribution in [1.29, 1.82) is 0 Å². The number of nitrogens with zero attached hydrogens (tertiary/aromatic N) is 3. The van der Waals surface area contributed by atoms with Crippen LogP contribution in [0, 0.1) is 0 Å². The van der Waals surface area contributed by atoms with E-state index in [0.717, 1.165) is 22.4 Å². The third kappa shape index (κ3) is 3.89. The van der Waals surface area contributed by atoms with Crippen LogP contribution < -0.4 is 4.90 Å². The van der Waals surface area contributed by atoms with Gasteiger partial charge < -0.3 is 4.90 Å². The minimum Gasteiger partial charge on any atom is -0.375 e. The lowest BCUT2D eigenvalue weighted by molar-refractivity contribution is 0.968. The third-order valence-electron chi connectivity index (χ3n) is 2.87. The Morgan fingerprint density at radius 2 is 1.37 bits per heavy atom. The smallest absolute Gasteiger partial charge is 0.0858 e. The molecule has 4 heteroatoms. The molecule has 0 bridgehead atoms. The van der Waals surface area contributed by atoms with Gasteiger partial charge in [0.05, 0.1) is 11.4 Å². The Hall–Kier alpha value is -1.68. The average molecular weight is 318 g/mol. The lowest BCUT2D eigenvalue weighted by atomic mass is 10.2. The van der Waals surface area contributed by atoms with Gasteiger partial charge in [0.25, 0.3) is 0 Å². The summed E-state index contributed by atoms with van der Waals surface area (Å²) in [5.41, 5.74) is 2.89. The highest BCUT2D eigenvalue weighted by Crippen LogP contribution is 2.22. The van der Waals surface area contributed by atoms with Crippen molar-refractivity contribution < 1.29 is 0 Å². The maximum Gasteiger partial charge on any atom is 0.0858 e. The minimum absolute atomic E-state index is 0.845. The topological polar surface area (TPSA) is 28.0 Å². The van der Waals surface area contributed by atoms with Crippen LogP contribution in [0.15, 0.2) is 63.2 Å². The highest BCUT2D eigenvalue weighted by molar-refractivity contribution is 9.10. The molecule has 0 aliphatic rings. The summed E-state index contributed by atoms with van der Waals surface area (Å²) in [5.74, 6) is 0. The molecule has 2 aromatic rings. The fourth-order valence-electron chi connectivity index (χ4n) is 1.58. The second-order valence-electron chi connectivity index (χ2n) is 4.21. The molecule has 0 radical (unpaired) electrons. The van der Waals surface area contributed by atoms with E-state index >= 15 is 0 Å². The number of benzene rings is 2. The van der Waals surface area contributed by atoms with Gasteiger partial charge in [0.1, 0.15) is 0 Å². The van der Waals surface area contributed by atoms with E-state index in [4.69, 9.17) is 0 Å². The molecule has 3 nitrogen and oxygen atoms in total. The molecule has 0 N–H and O–H groups in total. The van der Waals surface area contributed by atoms with Gasteiger partial charge in [0.2, 0.25) is 0 Å². The number of anilines is 1. The molecule has 2 rings (SSSR count). The summed E-state index contributed by atoms with van der Waals surface area (Å²) in [6.45, 7) is 3.11. The van der Waals surface area contributed by atoms with Crippen LogP contribution in [0.1, 0.15) is 6.92 Å². The molecule has 0 amide bonds. The second kappa shape index (κ2) is 6.48. The number of halogens is 1. The standard InChI is InChI=1S/C15H16BrN3/c1-3-19(2)15-10-8-14(9-11-15)18-17-13-6-4-12(16)5-7-13/h4-11H,3H2,1-2H3. The molecular formula is C15H16BrN3. The zero-order chi connectivity index (χ0) is 13.7. The van der Waals surface area contributed by atoms with Gasteiger partial charge in [-0.2, -0.15) is 10.2 Å². The molecule has 0 fully saturated rings. The predicted molar refractivity (Wildman–Crippen MR) is 83.7 cm³/mol.